The lowest BCUT2D eigenvalue weighted by molar-refractivity contribution is -0.330. The van der Waals surface area contributed by atoms with Gasteiger partial charge < -0.3 is 54.2 Å². The maximum Gasteiger partial charge on any atom is 0.408 e. The van der Waals surface area contributed by atoms with Crippen LogP contribution < -0.4 is 5.32 Å². The first kappa shape index (κ1) is 58.2. The Hall–Kier alpha value is -5.73. The molecular formula is C54H74N2O17. The van der Waals surface area contributed by atoms with Crippen LogP contribution in [-0.2, 0) is 52.4 Å². The number of ether oxygens (including phenoxy) is 6. The van der Waals surface area contributed by atoms with Crippen molar-refractivity contribution in [2.75, 3.05) is 19.7 Å². The Labute approximate surface area is 426 Å². The highest BCUT2D eigenvalue weighted by Gasteiger charge is 2.72. The van der Waals surface area contributed by atoms with Crippen LogP contribution in [-0.4, -0.2) is 146 Å². The zero-order valence-corrected chi connectivity index (χ0v) is 43.6. The maximum absolute atomic E-state index is 15.4. The summed E-state index contributed by atoms with van der Waals surface area (Å²) < 4.78 is 36.4. The predicted molar refractivity (Wildman–Crippen MR) is 262 cm³/mol. The average Bonchev–Trinajstić information content (AvgIpc) is 3.30. The maximum atomic E-state index is 15.4. The number of aliphatic carboxylic acids is 1. The van der Waals surface area contributed by atoms with Gasteiger partial charge in [-0.3, -0.25) is 24.1 Å². The second-order valence-corrected chi connectivity index (χ2v) is 21.0. The zero-order valence-electron chi connectivity index (χ0n) is 43.6. The molecule has 2 aromatic rings. The van der Waals surface area contributed by atoms with Gasteiger partial charge in [-0.2, -0.15) is 0 Å². The molecule has 0 spiro atoms. The summed E-state index contributed by atoms with van der Waals surface area (Å²) in [4.78, 5) is 99.9. The molecule has 0 bridgehead atoms. The number of carbonyl (C=O) groups excluding carboxylic acids is 6. The van der Waals surface area contributed by atoms with E-state index in [0.717, 1.165) is 6.92 Å². The topological polar surface area (TPSA) is 271 Å². The van der Waals surface area contributed by atoms with Crippen LogP contribution in [0.15, 0.2) is 71.8 Å². The van der Waals surface area contributed by atoms with Crippen LogP contribution in [0, 0.1) is 11.3 Å². The first-order valence-electron chi connectivity index (χ1n) is 25.0. The number of alkyl carbamates (subject to hydrolysis) is 1. The van der Waals surface area contributed by atoms with Crippen LogP contribution in [0.25, 0.3) is 0 Å². The van der Waals surface area contributed by atoms with Crippen LogP contribution in [0.1, 0.15) is 136 Å². The van der Waals surface area contributed by atoms with E-state index in [9.17, 15) is 44.4 Å². The molecule has 73 heavy (non-hydrogen) atoms. The first-order valence-corrected chi connectivity index (χ1v) is 25.0. The predicted octanol–water partition coefficient (Wildman–Crippen LogP) is 5.56. The number of fused-ring (bicyclic) bond motifs is 3. The number of esters is 4. The SMILES string of the molecule is CCCN(CCC)C(CCC(=O)O)C(=O)O[C@@H](C(=O)O[C@H]1CC[C@@H](OC(=O)c2ccccc2)[C@@H]2[C@]3(OC(C)=O)CO[C@@H]3C[C@H](O)[C@@]2(C)C(=O)[C@H](O)/C(C(C)(C)O)=C/1C)[C@@H](NC(=O)OC(C)(C)C)c1ccccc1. The molecule has 5 N–H and O–H groups in total. The van der Waals surface area contributed by atoms with Crippen LogP contribution in [0.3, 0.4) is 0 Å². The minimum Gasteiger partial charge on any atom is -0.481 e. The van der Waals surface area contributed by atoms with E-state index in [-0.39, 0.29) is 54.6 Å². The van der Waals surface area contributed by atoms with E-state index in [0.29, 0.717) is 25.9 Å². The minimum atomic E-state index is -2.23. The molecule has 1 saturated heterocycles. The molecule has 2 aromatic carbocycles. The fraction of sp³-hybridized carbons (Fsp3) is 0.611. The number of rotatable bonds is 19. The summed E-state index contributed by atoms with van der Waals surface area (Å²) in [7, 11) is 0. The van der Waals surface area contributed by atoms with E-state index in [4.69, 9.17) is 28.4 Å². The van der Waals surface area contributed by atoms with Crippen molar-refractivity contribution in [2.24, 2.45) is 11.3 Å². The molecule has 1 heterocycles. The van der Waals surface area contributed by atoms with E-state index in [1.54, 1.807) is 74.2 Å². The van der Waals surface area contributed by atoms with Crippen LogP contribution in [0.4, 0.5) is 4.79 Å². The highest BCUT2D eigenvalue weighted by atomic mass is 16.6. The smallest absolute Gasteiger partial charge is 0.408 e. The standard InChI is InChI=1S/C54H74N2O17/c1-11-27-56(28-12-2)35(23-26-40(59)60)48(64)71-44(42(33-19-15-13-16-20-33)55-50(66)73-51(5,6)7)49(65)69-36-24-25-37(70-47(63)34-21-17-14-18-22-34)45-53(10,46(62)43(61)41(31(36)3)52(8,9)67)38(58)29-39-54(45,30-68-39)72-32(4)57/h13-22,35-39,42-45,58,61,67H,11-12,23-30H2,1-10H3,(H,55,66)(H,59,60)/b41-31-/t35?,36-,37+,38-,39+,42-,43+,44+,45-,53+,54-/m0/s1. The molecule has 1 saturated carbocycles. The monoisotopic (exact) mass is 1020 g/mol. The Bertz CT molecular complexity index is 2320. The fourth-order valence-corrected chi connectivity index (χ4v) is 10.7. The van der Waals surface area contributed by atoms with Gasteiger partial charge in [-0.25, -0.2) is 14.4 Å². The number of ketones is 1. The number of carbonyl (C=O) groups is 7. The summed E-state index contributed by atoms with van der Waals surface area (Å²) in [5.41, 5.74) is -6.76. The van der Waals surface area contributed by atoms with Crippen molar-refractivity contribution >= 4 is 41.7 Å². The van der Waals surface area contributed by atoms with E-state index >= 15 is 9.59 Å². The molecular weight excluding hydrogens is 949 g/mol. The van der Waals surface area contributed by atoms with Gasteiger partial charge in [0.2, 0.25) is 6.10 Å². The normalized spacial score (nSPS) is 27.6. The first-order chi connectivity index (χ1) is 34.2. The number of amides is 1. The van der Waals surface area contributed by atoms with Gasteiger partial charge in [0.25, 0.3) is 0 Å². The zero-order chi connectivity index (χ0) is 54.2. The Morgan fingerprint density at radius 3 is 2.01 bits per heavy atom. The number of nitrogens with one attached hydrogen (secondary N) is 1. The molecule has 0 aromatic heterocycles. The summed E-state index contributed by atoms with van der Waals surface area (Å²) in [6.45, 7) is 15.7. The van der Waals surface area contributed by atoms with Gasteiger partial charge in [-0.15, -0.1) is 0 Å². The van der Waals surface area contributed by atoms with Gasteiger partial charge in [0.1, 0.15) is 42.1 Å². The van der Waals surface area contributed by atoms with E-state index < -0.39 is 125 Å². The number of hydrogen-bond donors (Lipinski definition) is 5. The Balaban J connectivity index is 1.73. The highest BCUT2D eigenvalue weighted by Crippen LogP contribution is 2.58. The van der Waals surface area contributed by atoms with E-state index in [2.05, 4.69) is 5.32 Å². The van der Waals surface area contributed by atoms with Crippen LogP contribution in [0.2, 0.25) is 0 Å². The molecule has 5 rings (SSSR count). The van der Waals surface area contributed by atoms with Crippen molar-refractivity contribution in [2.45, 2.75) is 180 Å². The molecule has 19 heteroatoms. The molecule has 1 amide bonds. The number of aliphatic hydroxyl groups excluding tert-OH is 2. The van der Waals surface area contributed by atoms with Gasteiger partial charge in [0.15, 0.2) is 11.4 Å². The van der Waals surface area contributed by atoms with Crippen LogP contribution >= 0.6 is 0 Å². The third kappa shape index (κ3) is 13.5. The van der Waals surface area contributed by atoms with Crippen molar-refractivity contribution in [3.05, 3.63) is 82.9 Å². The van der Waals surface area contributed by atoms with Gasteiger partial charge in [-0.05, 0) is 123 Å². The van der Waals surface area contributed by atoms with E-state index in [1.807, 2.05) is 13.8 Å². The van der Waals surface area contributed by atoms with Gasteiger partial charge >= 0.3 is 35.9 Å². The summed E-state index contributed by atoms with van der Waals surface area (Å²) in [6, 6.07) is 13.3. The molecule has 0 radical (unpaired) electrons. The molecule has 2 aliphatic carbocycles. The number of nitrogens with zero attached hydrogens (tertiary/aromatic N) is 1. The van der Waals surface area contributed by atoms with Crippen molar-refractivity contribution in [3.63, 3.8) is 0 Å². The number of Topliss-reactive ketones (excluding diaryl/α,β-unsaturated/α-hetero) is 1. The second-order valence-electron chi connectivity index (χ2n) is 21.0. The van der Waals surface area contributed by atoms with Gasteiger partial charge in [0.05, 0.1) is 35.2 Å². The summed E-state index contributed by atoms with van der Waals surface area (Å²) in [5, 5.41) is 48.8. The third-order valence-corrected chi connectivity index (χ3v) is 13.9. The molecule has 11 atom stereocenters. The molecule has 1 unspecified atom stereocenters. The third-order valence-electron chi connectivity index (χ3n) is 13.9. The van der Waals surface area contributed by atoms with Gasteiger partial charge in [-0.1, -0.05) is 62.4 Å². The number of aliphatic hydroxyl groups is 3. The molecule has 2 fully saturated rings. The lowest BCUT2D eigenvalue weighted by Gasteiger charge is -2.63. The van der Waals surface area contributed by atoms with Crippen LogP contribution in [0.5, 0.6) is 0 Å². The minimum absolute atomic E-state index is 0.0282. The van der Waals surface area contributed by atoms with Crippen molar-refractivity contribution in [3.8, 4) is 0 Å². The van der Waals surface area contributed by atoms with E-state index in [1.165, 1.54) is 39.8 Å². The molecule has 19 nitrogen and oxygen atoms in total. The summed E-state index contributed by atoms with van der Waals surface area (Å²) in [5.74, 6) is -7.49. The number of hydrogen-bond acceptors (Lipinski definition) is 17. The number of carboxylic acid groups (broad SMARTS) is 1. The average molecular weight is 1020 g/mol. The lowest BCUT2D eigenvalue weighted by atomic mass is 9.51. The van der Waals surface area contributed by atoms with Crippen molar-refractivity contribution < 1.29 is 82.4 Å². The Morgan fingerprint density at radius 1 is 0.890 bits per heavy atom. The fourth-order valence-electron chi connectivity index (χ4n) is 10.7. The molecule has 402 valence electrons. The Kier molecular flexibility index (Phi) is 19.2. The highest BCUT2D eigenvalue weighted by molar-refractivity contribution is 5.93. The quantitative estimate of drug-likeness (QED) is 0.0655. The second kappa shape index (κ2) is 24.1. The Morgan fingerprint density at radius 2 is 1.49 bits per heavy atom. The summed E-state index contributed by atoms with van der Waals surface area (Å²) in [6.07, 6.45) is -11.1. The lowest BCUT2D eigenvalue weighted by Crippen LogP contribution is -2.77. The molecule has 3 aliphatic rings. The van der Waals surface area contributed by atoms with Gasteiger partial charge in [0, 0.05) is 19.8 Å². The largest absolute Gasteiger partial charge is 0.481 e. The summed E-state index contributed by atoms with van der Waals surface area (Å²) >= 11 is 0. The van der Waals surface area contributed by atoms with Crippen molar-refractivity contribution in [1.82, 2.24) is 10.2 Å². The van der Waals surface area contributed by atoms with Crippen molar-refractivity contribution in [1.29, 1.82) is 0 Å². The number of benzene rings is 2. The number of carboxylic acids is 1. The molecule has 1 aliphatic heterocycles.